The zero-order valence-corrected chi connectivity index (χ0v) is 13.7. The zero-order valence-electron chi connectivity index (χ0n) is 12.9. The molecule has 0 aliphatic heterocycles. The van der Waals surface area contributed by atoms with E-state index in [1.807, 2.05) is 7.05 Å². The molecule has 22 heavy (non-hydrogen) atoms. The van der Waals surface area contributed by atoms with Crippen LogP contribution in [0.15, 0.2) is 35.7 Å². The maximum atomic E-state index is 12.3. The number of rotatable bonds is 6. The maximum absolute atomic E-state index is 12.3. The van der Waals surface area contributed by atoms with Crippen LogP contribution < -0.4 is 0 Å². The molecule has 116 valence electrons. The normalized spacial score (nSPS) is 14.1. The number of amides is 1. The van der Waals surface area contributed by atoms with E-state index in [1.165, 1.54) is 30.2 Å². The lowest BCUT2D eigenvalue weighted by molar-refractivity contribution is -0.127. The molecule has 0 N–H and O–H groups in total. The number of aryl methyl sites for hydroxylation is 1. The summed E-state index contributed by atoms with van der Waals surface area (Å²) in [6.07, 6.45) is 4.14. The Balaban J connectivity index is 1.52. The highest BCUT2D eigenvalue weighted by molar-refractivity contribution is 7.99. The first-order valence-electron chi connectivity index (χ1n) is 7.45. The van der Waals surface area contributed by atoms with Gasteiger partial charge in [-0.25, -0.2) is 0 Å². The third-order valence-corrected chi connectivity index (χ3v) is 4.71. The fourth-order valence-electron chi connectivity index (χ4n) is 2.23. The standard InChI is InChI=1S/C16H20N4OS/c1-12-3-5-13(6-4-12)9-19(2)15(21)10-22-16-18-17-11-20(16)14-7-8-14/h3-6,11,14H,7-10H2,1-2H3. The Kier molecular flexibility index (Phi) is 4.47. The molecule has 6 heteroatoms. The molecule has 1 aliphatic rings. The van der Waals surface area contributed by atoms with E-state index in [-0.39, 0.29) is 5.91 Å². The number of hydrogen-bond acceptors (Lipinski definition) is 4. The summed E-state index contributed by atoms with van der Waals surface area (Å²) < 4.78 is 2.08. The number of thioether (sulfide) groups is 1. The molecule has 1 aromatic heterocycles. The average Bonchev–Trinajstić information content (AvgIpc) is 3.25. The number of aromatic nitrogens is 3. The van der Waals surface area contributed by atoms with Gasteiger partial charge < -0.3 is 9.47 Å². The molecule has 0 saturated heterocycles. The topological polar surface area (TPSA) is 51.0 Å². The molecule has 0 atom stereocenters. The smallest absolute Gasteiger partial charge is 0.233 e. The monoisotopic (exact) mass is 316 g/mol. The van der Waals surface area contributed by atoms with Crippen molar-refractivity contribution in [1.82, 2.24) is 19.7 Å². The number of hydrogen-bond donors (Lipinski definition) is 0. The van der Waals surface area contributed by atoms with Crippen molar-refractivity contribution in [1.29, 1.82) is 0 Å². The van der Waals surface area contributed by atoms with Crippen molar-refractivity contribution in [3.05, 3.63) is 41.7 Å². The molecule has 5 nitrogen and oxygen atoms in total. The molecular formula is C16H20N4OS. The van der Waals surface area contributed by atoms with E-state index in [9.17, 15) is 4.79 Å². The highest BCUT2D eigenvalue weighted by Gasteiger charge is 2.26. The lowest BCUT2D eigenvalue weighted by atomic mass is 10.1. The molecule has 1 heterocycles. The van der Waals surface area contributed by atoms with E-state index in [0.717, 1.165) is 10.7 Å². The van der Waals surface area contributed by atoms with E-state index in [4.69, 9.17) is 0 Å². The molecule has 0 radical (unpaired) electrons. The van der Waals surface area contributed by atoms with Crippen LogP contribution in [-0.4, -0.2) is 38.4 Å². The third kappa shape index (κ3) is 3.68. The largest absolute Gasteiger partial charge is 0.341 e. The summed E-state index contributed by atoms with van der Waals surface area (Å²) in [5, 5.41) is 8.90. The Hall–Kier alpha value is -1.82. The molecule has 2 aromatic rings. The van der Waals surface area contributed by atoms with Gasteiger partial charge in [-0.3, -0.25) is 4.79 Å². The quantitative estimate of drug-likeness (QED) is 0.769. The Morgan fingerprint density at radius 1 is 1.36 bits per heavy atom. The molecule has 1 amide bonds. The second-order valence-electron chi connectivity index (χ2n) is 5.78. The molecular weight excluding hydrogens is 296 g/mol. The van der Waals surface area contributed by atoms with Gasteiger partial charge in [0.05, 0.1) is 5.75 Å². The van der Waals surface area contributed by atoms with Gasteiger partial charge in [0.2, 0.25) is 5.91 Å². The van der Waals surface area contributed by atoms with Gasteiger partial charge in [-0.15, -0.1) is 10.2 Å². The molecule has 0 bridgehead atoms. The van der Waals surface area contributed by atoms with Crippen molar-refractivity contribution in [2.75, 3.05) is 12.8 Å². The minimum absolute atomic E-state index is 0.107. The van der Waals surface area contributed by atoms with E-state index in [1.54, 1.807) is 11.2 Å². The SMILES string of the molecule is Cc1ccc(CN(C)C(=O)CSc2nncn2C2CC2)cc1. The summed E-state index contributed by atoms with van der Waals surface area (Å²) in [5.74, 6) is 0.504. The van der Waals surface area contributed by atoms with Crippen molar-refractivity contribution in [3.63, 3.8) is 0 Å². The number of benzene rings is 1. The summed E-state index contributed by atoms with van der Waals surface area (Å²) in [7, 11) is 1.84. The van der Waals surface area contributed by atoms with Gasteiger partial charge in [-0.1, -0.05) is 41.6 Å². The van der Waals surface area contributed by atoms with Gasteiger partial charge in [0.1, 0.15) is 6.33 Å². The minimum atomic E-state index is 0.107. The second-order valence-corrected chi connectivity index (χ2v) is 6.72. The molecule has 1 aromatic carbocycles. The van der Waals surface area contributed by atoms with Crippen molar-refractivity contribution in [2.24, 2.45) is 0 Å². The van der Waals surface area contributed by atoms with E-state index >= 15 is 0 Å². The summed E-state index contributed by atoms with van der Waals surface area (Å²) >= 11 is 1.47. The summed E-state index contributed by atoms with van der Waals surface area (Å²) in [6.45, 7) is 2.69. The van der Waals surface area contributed by atoms with Crippen molar-refractivity contribution in [2.45, 2.75) is 37.5 Å². The number of carbonyl (C=O) groups excluding carboxylic acids is 1. The van der Waals surface area contributed by atoms with Gasteiger partial charge in [-0.2, -0.15) is 0 Å². The van der Waals surface area contributed by atoms with E-state index in [2.05, 4.69) is 46.0 Å². The molecule has 1 aliphatic carbocycles. The molecule has 1 fully saturated rings. The summed E-state index contributed by atoms with van der Waals surface area (Å²) in [5.41, 5.74) is 2.38. The maximum Gasteiger partial charge on any atom is 0.233 e. The fraction of sp³-hybridized carbons (Fsp3) is 0.438. The minimum Gasteiger partial charge on any atom is -0.341 e. The summed E-state index contributed by atoms with van der Waals surface area (Å²) in [4.78, 5) is 14.0. The van der Waals surface area contributed by atoms with Crippen molar-refractivity contribution < 1.29 is 4.79 Å². The van der Waals surface area contributed by atoms with Crippen molar-refractivity contribution in [3.8, 4) is 0 Å². The van der Waals surface area contributed by atoms with Crippen LogP contribution in [0.25, 0.3) is 0 Å². The Morgan fingerprint density at radius 2 is 2.09 bits per heavy atom. The Bertz CT molecular complexity index is 648. The summed E-state index contributed by atoms with van der Waals surface area (Å²) in [6, 6.07) is 8.81. The second kappa shape index (κ2) is 6.52. The number of nitrogens with zero attached hydrogens (tertiary/aromatic N) is 4. The van der Waals surface area contributed by atoms with E-state index < -0.39 is 0 Å². The number of carbonyl (C=O) groups is 1. The van der Waals surface area contributed by atoms with Crippen LogP contribution in [0.5, 0.6) is 0 Å². The van der Waals surface area contributed by atoms with E-state index in [0.29, 0.717) is 18.3 Å². The van der Waals surface area contributed by atoms with Crippen molar-refractivity contribution >= 4 is 17.7 Å². The van der Waals surface area contributed by atoms with Crippen LogP contribution in [0.3, 0.4) is 0 Å². The predicted molar refractivity (Wildman–Crippen MR) is 86.7 cm³/mol. The Labute approximate surface area is 134 Å². The first-order chi connectivity index (χ1) is 10.6. The van der Waals surface area contributed by atoms with Crippen LogP contribution in [0.4, 0.5) is 0 Å². The van der Waals surface area contributed by atoms with Gasteiger partial charge >= 0.3 is 0 Å². The van der Waals surface area contributed by atoms with Crippen LogP contribution in [0.2, 0.25) is 0 Å². The third-order valence-electron chi connectivity index (χ3n) is 3.77. The van der Waals surface area contributed by atoms with Gasteiger partial charge in [0.25, 0.3) is 0 Å². The predicted octanol–water partition coefficient (Wildman–Crippen LogP) is 2.67. The highest BCUT2D eigenvalue weighted by atomic mass is 32.2. The van der Waals surface area contributed by atoms with Crippen LogP contribution in [0, 0.1) is 6.92 Å². The van der Waals surface area contributed by atoms with Gasteiger partial charge in [-0.05, 0) is 25.3 Å². The van der Waals surface area contributed by atoms with Crippen LogP contribution >= 0.6 is 11.8 Å². The lowest BCUT2D eigenvalue weighted by Crippen LogP contribution is -2.27. The highest BCUT2D eigenvalue weighted by Crippen LogP contribution is 2.37. The molecule has 0 unspecified atom stereocenters. The first-order valence-corrected chi connectivity index (χ1v) is 8.44. The molecule has 1 saturated carbocycles. The average molecular weight is 316 g/mol. The fourth-order valence-corrected chi connectivity index (χ4v) is 3.15. The molecule has 3 rings (SSSR count). The lowest BCUT2D eigenvalue weighted by Gasteiger charge is -2.17. The van der Waals surface area contributed by atoms with Gasteiger partial charge in [0.15, 0.2) is 5.16 Å². The Morgan fingerprint density at radius 3 is 2.77 bits per heavy atom. The van der Waals surface area contributed by atoms with Crippen LogP contribution in [0.1, 0.15) is 30.0 Å². The first kappa shape index (κ1) is 15.1. The van der Waals surface area contributed by atoms with Crippen LogP contribution in [-0.2, 0) is 11.3 Å². The zero-order chi connectivity index (χ0) is 15.5. The molecule has 0 spiro atoms. The van der Waals surface area contributed by atoms with Gasteiger partial charge in [0, 0.05) is 19.6 Å².